The van der Waals surface area contributed by atoms with Crippen molar-refractivity contribution in [3.63, 3.8) is 0 Å². The Morgan fingerprint density at radius 3 is 2.81 bits per heavy atom. The summed E-state index contributed by atoms with van der Waals surface area (Å²) in [5, 5.41) is 10.5. The molecule has 0 radical (unpaired) electrons. The van der Waals surface area contributed by atoms with Crippen LogP contribution in [0.5, 0.6) is 0 Å². The minimum Gasteiger partial charge on any atom is -0.364 e. The van der Waals surface area contributed by atoms with E-state index in [1.807, 2.05) is 6.92 Å². The van der Waals surface area contributed by atoms with Gasteiger partial charge in [-0.15, -0.1) is 16.6 Å². The molecule has 1 atom stereocenters. The van der Waals surface area contributed by atoms with Crippen molar-refractivity contribution < 1.29 is 4.79 Å². The van der Waals surface area contributed by atoms with Crippen LogP contribution in [0.15, 0.2) is 12.1 Å². The lowest BCUT2D eigenvalue weighted by Crippen LogP contribution is -2.19. The molecule has 0 fully saturated rings. The molecule has 1 aromatic rings. The summed E-state index contributed by atoms with van der Waals surface area (Å²) in [4.78, 5) is 10.8. The van der Waals surface area contributed by atoms with Crippen LogP contribution in [0.1, 0.15) is 30.3 Å². The molecule has 5 nitrogen and oxygen atoms in total. The summed E-state index contributed by atoms with van der Waals surface area (Å²) in [5.41, 5.74) is 5.18. The van der Waals surface area contributed by atoms with Crippen molar-refractivity contribution in [3.05, 3.63) is 17.8 Å². The van der Waals surface area contributed by atoms with Gasteiger partial charge in [-0.25, -0.2) is 0 Å². The first-order chi connectivity index (χ1) is 7.67. The number of rotatable bonds is 5. The number of amides is 1. The molecule has 0 saturated heterocycles. The molecule has 0 bridgehead atoms. The number of anilines is 1. The monoisotopic (exact) mass is 218 g/mol. The quantitative estimate of drug-likeness (QED) is 0.716. The van der Waals surface area contributed by atoms with E-state index in [4.69, 9.17) is 12.2 Å². The number of carbonyl (C=O) groups is 1. The minimum absolute atomic E-state index is 0.0706. The standard InChI is InChI=1S/C11H14N4O/c1-3-5-8(4-2)13-10-7-6-9(11(12)16)14-15-10/h2,6-8H,3,5H2,1H3,(H2,12,16)(H,13,15). The summed E-state index contributed by atoms with van der Waals surface area (Å²) in [6.45, 7) is 2.05. The number of nitrogens with one attached hydrogen (secondary N) is 1. The third-order valence-corrected chi connectivity index (χ3v) is 2.02. The summed E-state index contributed by atoms with van der Waals surface area (Å²) in [6, 6.07) is 3.07. The second-order valence-electron chi connectivity index (χ2n) is 3.32. The van der Waals surface area contributed by atoms with E-state index in [2.05, 4.69) is 21.4 Å². The molecule has 0 aromatic carbocycles. The average molecular weight is 218 g/mol. The van der Waals surface area contributed by atoms with E-state index in [0.29, 0.717) is 5.82 Å². The fraction of sp³-hybridized carbons (Fsp3) is 0.364. The molecule has 0 spiro atoms. The lowest BCUT2D eigenvalue weighted by atomic mass is 10.2. The maximum atomic E-state index is 10.8. The van der Waals surface area contributed by atoms with Crippen molar-refractivity contribution in [1.82, 2.24) is 10.2 Å². The maximum Gasteiger partial charge on any atom is 0.269 e. The van der Waals surface area contributed by atoms with E-state index in [1.54, 1.807) is 6.07 Å². The van der Waals surface area contributed by atoms with Crippen LogP contribution in [0, 0.1) is 12.3 Å². The molecule has 0 aliphatic rings. The summed E-state index contributed by atoms with van der Waals surface area (Å²) >= 11 is 0. The molecular weight excluding hydrogens is 204 g/mol. The zero-order valence-corrected chi connectivity index (χ0v) is 9.10. The number of carbonyl (C=O) groups excluding carboxylic acids is 1. The van der Waals surface area contributed by atoms with E-state index >= 15 is 0 Å². The molecule has 0 saturated carbocycles. The third-order valence-electron chi connectivity index (χ3n) is 2.02. The van der Waals surface area contributed by atoms with Gasteiger partial charge in [0.1, 0.15) is 5.82 Å². The summed E-state index contributed by atoms with van der Waals surface area (Å²) in [6.07, 6.45) is 7.19. The van der Waals surface area contributed by atoms with Crippen molar-refractivity contribution in [2.75, 3.05) is 5.32 Å². The highest BCUT2D eigenvalue weighted by molar-refractivity contribution is 5.90. The first-order valence-electron chi connectivity index (χ1n) is 5.03. The van der Waals surface area contributed by atoms with Crippen LogP contribution in [0.4, 0.5) is 5.82 Å². The Labute approximate surface area is 94.4 Å². The molecule has 1 amide bonds. The fourth-order valence-electron chi connectivity index (χ4n) is 1.21. The Balaban J connectivity index is 2.68. The van der Waals surface area contributed by atoms with Gasteiger partial charge in [0.2, 0.25) is 0 Å². The molecule has 1 heterocycles. The topological polar surface area (TPSA) is 80.9 Å². The number of nitrogens with zero attached hydrogens (tertiary/aromatic N) is 2. The second kappa shape index (κ2) is 5.71. The van der Waals surface area contributed by atoms with Crippen molar-refractivity contribution in [3.8, 4) is 12.3 Å². The predicted molar refractivity (Wildman–Crippen MR) is 61.7 cm³/mol. The zero-order chi connectivity index (χ0) is 12.0. The minimum atomic E-state index is -0.596. The number of primary amides is 1. The van der Waals surface area contributed by atoms with Gasteiger partial charge in [0.15, 0.2) is 5.69 Å². The van der Waals surface area contributed by atoms with Gasteiger partial charge in [0, 0.05) is 0 Å². The lowest BCUT2D eigenvalue weighted by molar-refractivity contribution is 0.0994. The number of nitrogens with two attached hydrogens (primary N) is 1. The van der Waals surface area contributed by atoms with Crippen LogP contribution in [0.25, 0.3) is 0 Å². The molecule has 16 heavy (non-hydrogen) atoms. The highest BCUT2D eigenvalue weighted by atomic mass is 16.1. The van der Waals surface area contributed by atoms with Crippen molar-refractivity contribution in [2.24, 2.45) is 5.73 Å². The summed E-state index contributed by atoms with van der Waals surface area (Å²) in [7, 11) is 0. The Bertz CT molecular complexity index is 393. The van der Waals surface area contributed by atoms with Gasteiger partial charge in [-0.1, -0.05) is 19.3 Å². The first kappa shape index (κ1) is 12.0. The lowest BCUT2D eigenvalue weighted by Gasteiger charge is -2.11. The normalized spacial score (nSPS) is 11.5. The SMILES string of the molecule is C#CC(CCC)Nc1ccc(C(N)=O)nn1. The van der Waals surface area contributed by atoms with E-state index < -0.39 is 5.91 Å². The molecule has 5 heteroatoms. The van der Waals surface area contributed by atoms with Crippen molar-refractivity contribution >= 4 is 11.7 Å². The Morgan fingerprint density at radius 2 is 2.38 bits per heavy atom. The Morgan fingerprint density at radius 1 is 1.62 bits per heavy atom. The predicted octanol–water partition coefficient (Wildman–Crippen LogP) is 0.789. The first-order valence-corrected chi connectivity index (χ1v) is 5.03. The van der Waals surface area contributed by atoms with Gasteiger partial charge in [-0.3, -0.25) is 4.79 Å². The molecule has 1 unspecified atom stereocenters. The van der Waals surface area contributed by atoms with Crippen molar-refractivity contribution in [1.29, 1.82) is 0 Å². The van der Waals surface area contributed by atoms with Crippen LogP contribution >= 0.6 is 0 Å². The Kier molecular flexibility index (Phi) is 4.28. The third kappa shape index (κ3) is 3.24. The summed E-state index contributed by atoms with van der Waals surface area (Å²) < 4.78 is 0. The maximum absolute atomic E-state index is 10.8. The van der Waals surface area contributed by atoms with Crippen LogP contribution in [0.3, 0.4) is 0 Å². The van der Waals surface area contributed by atoms with Gasteiger partial charge in [0.25, 0.3) is 5.91 Å². The van der Waals surface area contributed by atoms with Gasteiger partial charge >= 0.3 is 0 Å². The van der Waals surface area contributed by atoms with E-state index in [-0.39, 0.29) is 11.7 Å². The van der Waals surface area contributed by atoms with Gasteiger partial charge in [-0.2, -0.15) is 0 Å². The molecule has 84 valence electrons. The molecule has 1 rings (SSSR count). The van der Waals surface area contributed by atoms with Gasteiger partial charge in [0.05, 0.1) is 6.04 Å². The van der Waals surface area contributed by atoms with Crippen LogP contribution < -0.4 is 11.1 Å². The van der Waals surface area contributed by atoms with Crippen molar-refractivity contribution in [2.45, 2.75) is 25.8 Å². The Hall–Kier alpha value is -2.09. The van der Waals surface area contributed by atoms with Gasteiger partial charge < -0.3 is 11.1 Å². The second-order valence-corrected chi connectivity index (χ2v) is 3.32. The smallest absolute Gasteiger partial charge is 0.269 e. The zero-order valence-electron chi connectivity index (χ0n) is 9.10. The van der Waals surface area contributed by atoms with E-state index in [1.165, 1.54) is 6.07 Å². The van der Waals surface area contributed by atoms with Crippen LogP contribution in [-0.2, 0) is 0 Å². The van der Waals surface area contributed by atoms with E-state index in [9.17, 15) is 4.79 Å². The largest absolute Gasteiger partial charge is 0.364 e. The number of hydrogen-bond acceptors (Lipinski definition) is 4. The molecule has 0 aliphatic heterocycles. The number of aromatic nitrogens is 2. The number of terminal acetylenes is 1. The molecule has 3 N–H and O–H groups in total. The molecular formula is C11H14N4O. The average Bonchev–Trinajstić information content (AvgIpc) is 2.29. The van der Waals surface area contributed by atoms with Crippen LogP contribution in [-0.4, -0.2) is 22.1 Å². The summed E-state index contributed by atoms with van der Waals surface area (Å²) in [5.74, 6) is 2.57. The number of hydrogen-bond donors (Lipinski definition) is 2. The van der Waals surface area contributed by atoms with Gasteiger partial charge in [-0.05, 0) is 18.6 Å². The molecule has 1 aromatic heterocycles. The molecule has 0 aliphatic carbocycles. The highest BCUT2D eigenvalue weighted by Crippen LogP contribution is 2.06. The van der Waals surface area contributed by atoms with E-state index in [0.717, 1.165) is 12.8 Å². The fourth-order valence-corrected chi connectivity index (χ4v) is 1.21. The van der Waals surface area contributed by atoms with Crippen LogP contribution in [0.2, 0.25) is 0 Å². The highest BCUT2D eigenvalue weighted by Gasteiger charge is 2.06.